The van der Waals surface area contributed by atoms with Gasteiger partial charge in [0, 0.05) is 11.4 Å². The van der Waals surface area contributed by atoms with Crippen molar-refractivity contribution in [3.63, 3.8) is 0 Å². The fourth-order valence-corrected chi connectivity index (χ4v) is 1.81. The van der Waals surface area contributed by atoms with Crippen LogP contribution < -0.4 is 5.73 Å². The number of hydrogen-bond acceptors (Lipinski definition) is 6. The molecule has 0 unspecified atom stereocenters. The van der Waals surface area contributed by atoms with E-state index in [-0.39, 0.29) is 11.4 Å². The number of aromatic nitrogens is 4. The third-order valence-electron chi connectivity index (χ3n) is 2.59. The minimum atomic E-state index is -0.595. The molecule has 2 aromatic rings. The maximum atomic E-state index is 12.1. The van der Waals surface area contributed by atoms with Gasteiger partial charge in [-0.05, 0) is 40.7 Å². The van der Waals surface area contributed by atoms with E-state index in [1.165, 1.54) is 10.9 Å². The standard InChI is InChI=1S/C14H19N5O2/c1-8-6-9(2)18-13(17-8)19-11(15)10(7-16-19)12(20)21-14(3,4)5/h6-7H,15H2,1-5H3. The molecular weight excluding hydrogens is 270 g/mol. The highest BCUT2D eigenvalue weighted by Crippen LogP contribution is 2.19. The van der Waals surface area contributed by atoms with Gasteiger partial charge in [0.15, 0.2) is 0 Å². The van der Waals surface area contributed by atoms with Gasteiger partial charge in [-0.1, -0.05) is 0 Å². The molecule has 21 heavy (non-hydrogen) atoms. The van der Waals surface area contributed by atoms with E-state index in [0.29, 0.717) is 5.95 Å². The fourth-order valence-electron chi connectivity index (χ4n) is 1.81. The molecule has 7 heteroatoms. The Bertz CT molecular complexity index is 665. The first-order valence-electron chi connectivity index (χ1n) is 6.57. The topological polar surface area (TPSA) is 95.9 Å². The smallest absolute Gasteiger partial charge is 0.344 e. The second-order valence-corrected chi connectivity index (χ2v) is 5.81. The summed E-state index contributed by atoms with van der Waals surface area (Å²) in [5, 5.41) is 4.09. The summed E-state index contributed by atoms with van der Waals surface area (Å²) in [6.45, 7) is 9.08. The van der Waals surface area contributed by atoms with Crippen LogP contribution in [-0.4, -0.2) is 31.3 Å². The van der Waals surface area contributed by atoms with Gasteiger partial charge in [0.05, 0.1) is 6.20 Å². The summed E-state index contributed by atoms with van der Waals surface area (Å²) in [6.07, 6.45) is 1.37. The Hall–Kier alpha value is -2.44. The van der Waals surface area contributed by atoms with Gasteiger partial charge in [-0.2, -0.15) is 9.78 Å². The maximum Gasteiger partial charge on any atom is 0.344 e. The molecule has 0 bridgehead atoms. The molecule has 0 atom stereocenters. The molecule has 0 aromatic carbocycles. The zero-order valence-corrected chi connectivity index (χ0v) is 12.8. The summed E-state index contributed by atoms with van der Waals surface area (Å²) >= 11 is 0. The molecule has 0 aliphatic rings. The molecule has 0 radical (unpaired) electrons. The minimum Gasteiger partial charge on any atom is -0.456 e. The highest BCUT2D eigenvalue weighted by molar-refractivity contribution is 5.94. The Balaban J connectivity index is 2.39. The quantitative estimate of drug-likeness (QED) is 0.847. The van der Waals surface area contributed by atoms with Gasteiger partial charge < -0.3 is 10.5 Å². The van der Waals surface area contributed by atoms with Crippen LogP contribution in [0.4, 0.5) is 5.82 Å². The number of nitrogens with two attached hydrogens (primary N) is 1. The molecule has 112 valence electrons. The zero-order chi connectivity index (χ0) is 15.8. The van der Waals surface area contributed by atoms with Crippen LogP contribution in [-0.2, 0) is 4.74 Å². The Morgan fingerprint density at radius 2 is 1.81 bits per heavy atom. The molecule has 0 saturated heterocycles. The van der Waals surface area contributed by atoms with E-state index in [9.17, 15) is 4.79 Å². The van der Waals surface area contributed by atoms with Crippen LogP contribution in [0.3, 0.4) is 0 Å². The van der Waals surface area contributed by atoms with Crippen molar-refractivity contribution < 1.29 is 9.53 Å². The van der Waals surface area contributed by atoms with Crippen molar-refractivity contribution in [2.75, 3.05) is 5.73 Å². The van der Waals surface area contributed by atoms with Crippen LogP contribution in [0.15, 0.2) is 12.3 Å². The summed E-state index contributed by atoms with van der Waals surface area (Å²) in [4.78, 5) is 20.6. The first-order chi connectivity index (χ1) is 9.67. The number of ether oxygens (including phenoxy) is 1. The number of aryl methyl sites for hydroxylation is 2. The third kappa shape index (κ3) is 3.36. The largest absolute Gasteiger partial charge is 0.456 e. The van der Waals surface area contributed by atoms with Crippen LogP contribution in [0, 0.1) is 13.8 Å². The van der Waals surface area contributed by atoms with Crippen LogP contribution in [0.2, 0.25) is 0 Å². The average Bonchev–Trinajstić information content (AvgIpc) is 2.67. The van der Waals surface area contributed by atoms with Gasteiger partial charge in [0.1, 0.15) is 17.0 Å². The van der Waals surface area contributed by atoms with Gasteiger partial charge in [-0.15, -0.1) is 0 Å². The molecule has 2 aromatic heterocycles. The number of esters is 1. The lowest BCUT2D eigenvalue weighted by Crippen LogP contribution is -2.24. The highest BCUT2D eigenvalue weighted by atomic mass is 16.6. The van der Waals surface area contributed by atoms with E-state index in [0.717, 1.165) is 11.4 Å². The Labute approximate surface area is 123 Å². The predicted octanol–water partition coefficient (Wildman–Crippen LogP) is 1.82. The molecule has 2 N–H and O–H groups in total. The number of anilines is 1. The molecular formula is C14H19N5O2. The minimum absolute atomic E-state index is 0.161. The Morgan fingerprint density at radius 1 is 1.24 bits per heavy atom. The maximum absolute atomic E-state index is 12.1. The number of carbonyl (C=O) groups excluding carboxylic acids is 1. The molecule has 0 saturated carbocycles. The lowest BCUT2D eigenvalue weighted by atomic mass is 10.2. The van der Waals surface area contributed by atoms with Gasteiger partial charge in [-0.25, -0.2) is 14.8 Å². The number of carbonyl (C=O) groups is 1. The van der Waals surface area contributed by atoms with Crippen LogP contribution in [0.25, 0.3) is 5.95 Å². The van der Waals surface area contributed by atoms with Gasteiger partial charge >= 0.3 is 5.97 Å². The molecule has 0 aliphatic heterocycles. The molecule has 0 aliphatic carbocycles. The van der Waals surface area contributed by atoms with Crippen molar-refractivity contribution in [1.82, 2.24) is 19.7 Å². The van der Waals surface area contributed by atoms with E-state index >= 15 is 0 Å². The van der Waals surface area contributed by atoms with E-state index in [1.54, 1.807) is 20.8 Å². The summed E-state index contributed by atoms with van der Waals surface area (Å²) < 4.78 is 6.62. The van der Waals surface area contributed by atoms with Crippen LogP contribution >= 0.6 is 0 Å². The second kappa shape index (κ2) is 5.16. The summed E-state index contributed by atoms with van der Waals surface area (Å²) in [6, 6.07) is 1.85. The number of nitrogen functional groups attached to an aromatic ring is 1. The second-order valence-electron chi connectivity index (χ2n) is 5.81. The Kier molecular flexibility index (Phi) is 3.67. The van der Waals surface area contributed by atoms with Crippen molar-refractivity contribution in [1.29, 1.82) is 0 Å². The van der Waals surface area contributed by atoms with Crippen molar-refractivity contribution >= 4 is 11.8 Å². The average molecular weight is 289 g/mol. The third-order valence-corrected chi connectivity index (χ3v) is 2.59. The molecule has 2 heterocycles. The number of hydrogen-bond donors (Lipinski definition) is 1. The van der Waals surface area contributed by atoms with Gasteiger partial charge in [0.2, 0.25) is 0 Å². The first kappa shape index (κ1) is 15.0. The normalized spacial score (nSPS) is 11.5. The zero-order valence-electron chi connectivity index (χ0n) is 12.8. The number of rotatable bonds is 2. The van der Waals surface area contributed by atoms with Crippen LogP contribution in [0.1, 0.15) is 42.5 Å². The lowest BCUT2D eigenvalue weighted by Gasteiger charge is -2.19. The fraction of sp³-hybridized carbons (Fsp3) is 0.429. The highest BCUT2D eigenvalue weighted by Gasteiger charge is 2.23. The monoisotopic (exact) mass is 289 g/mol. The van der Waals surface area contributed by atoms with E-state index < -0.39 is 11.6 Å². The van der Waals surface area contributed by atoms with Crippen molar-refractivity contribution in [3.8, 4) is 5.95 Å². The van der Waals surface area contributed by atoms with Crippen molar-refractivity contribution in [2.24, 2.45) is 0 Å². The van der Waals surface area contributed by atoms with Gasteiger partial charge in [-0.3, -0.25) is 0 Å². The molecule has 0 amide bonds. The van der Waals surface area contributed by atoms with Crippen molar-refractivity contribution in [3.05, 3.63) is 29.2 Å². The first-order valence-corrected chi connectivity index (χ1v) is 6.57. The van der Waals surface area contributed by atoms with Gasteiger partial charge in [0.25, 0.3) is 5.95 Å². The lowest BCUT2D eigenvalue weighted by molar-refractivity contribution is 0.00708. The predicted molar refractivity (Wildman–Crippen MR) is 78.2 cm³/mol. The number of nitrogens with zero attached hydrogens (tertiary/aromatic N) is 4. The Morgan fingerprint density at radius 3 is 2.33 bits per heavy atom. The van der Waals surface area contributed by atoms with E-state index in [1.807, 2.05) is 19.9 Å². The molecule has 2 rings (SSSR count). The van der Waals surface area contributed by atoms with Crippen molar-refractivity contribution in [2.45, 2.75) is 40.2 Å². The summed E-state index contributed by atoms with van der Waals surface area (Å²) in [7, 11) is 0. The molecule has 0 fully saturated rings. The van der Waals surface area contributed by atoms with E-state index in [4.69, 9.17) is 10.5 Å². The SMILES string of the molecule is Cc1cc(C)nc(-n2ncc(C(=O)OC(C)(C)C)c2N)n1. The van der Waals surface area contributed by atoms with Crippen LogP contribution in [0.5, 0.6) is 0 Å². The summed E-state index contributed by atoms with van der Waals surface area (Å²) in [5.74, 6) is -0.0234. The van der Waals surface area contributed by atoms with E-state index in [2.05, 4.69) is 15.1 Å². The molecule has 7 nitrogen and oxygen atoms in total. The molecule has 0 spiro atoms. The summed E-state index contributed by atoms with van der Waals surface area (Å²) in [5.41, 5.74) is 7.18.